The van der Waals surface area contributed by atoms with E-state index in [-0.39, 0.29) is 23.3 Å². The Morgan fingerprint density at radius 2 is 1.94 bits per heavy atom. The van der Waals surface area contributed by atoms with Crippen LogP contribution < -0.4 is 10.3 Å². The molecular formula is C23H22F3N5O4. The Labute approximate surface area is 198 Å². The van der Waals surface area contributed by atoms with Crippen LogP contribution in [-0.2, 0) is 18.8 Å². The minimum atomic E-state index is -4.96. The molecule has 0 bridgehead atoms. The molecule has 0 saturated carbocycles. The van der Waals surface area contributed by atoms with Gasteiger partial charge in [-0.25, -0.2) is 9.78 Å². The minimum absolute atomic E-state index is 0.0136. The van der Waals surface area contributed by atoms with E-state index in [2.05, 4.69) is 10.1 Å². The molecule has 0 aliphatic rings. The number of halogens is 3. The molecule has 3 aromatic rings. The molecule has 2 aromatic heterocycles. The van der Waals surface area contributed by atoms with Crippen LogP contribution in [0.5, 0.6) is 5.75 Å². The standard InChI is InChI=1S/C23H22F3N5O4/c1-5-35-22(33)18-19(34-4)21(32)31(3)20(29-18)17(23(24,25)26)16(14-11-28-30(2)12-14)15-9-7-6-8-13(15)10-27/h6-9,11-12,16-17H,5H2,1-4H3. The lowest BCUT2D eigenvalue weighted by atomic mass is 9.79. The van der Waals surface area contributed by atoms with Crippen LogP contribution in [0.2, 0.25) is 0 Å². The second kappa shape index (κ2) is 10.0. The van der Waals surface area contributed by atoms with Crippen molar-refractivity contribution in [2.75, 3.05) is 13.7 Å². The maximum Gasteiger partial charge on any atom is 0.399 e. The fourth-order valence-electron chi connectivity index (χ4n) is 3.90. The predicted molar refractivity (Wildman–Crippen MR) is 117 cm³/mol. The van der Waals surface area contributed by atoms with Gasteiger partial charge in [-0.1, -0.05) is 18.2 Å². The number of benzene rings is 1. The Bertz CT molecular complexity index is 1340. The first-order valence-electron chi connectivity index (χ1n) is 10.4. The second-order valence-corrected chi connectivity index (χ2v) is 7.58. The number of aromatic nitrogens is 4. The number of carbonyl (C=O) groups excluding carboxylic acids is 1. The van der Waals surface area contributed by atoms with Gasteiger partial charge in [-0.05, 0) is 24.1 Å². The predicted octanol–water partition coefficient (Wildman–Crippen LogP) is 3.05. The summed E-state index contributed by atoms with van der Waals surface area (Å²) < 4.78 is 56.4. The van der Waals surface area contributed by atoms with Gasteiger partial charge in [0.2, 0.25) is 5.75 Å². The van der Waals surface area contributed by atoms with Crippen molar-refractivity contribution in [1.29, 1.82) is 5.26 Å². The van der Waals surface area contributed by atoms with Crippen LogP contribution in [0.4, 0.5) is 13.2 Å². The molecule has 0 amide bonds. The van der Waals surface area contributed by atoms with Crippen molar-refractivity contribution in [3.8, 4) is 11.8 Å². The molecule has 0 N–H and O–H groups in total. The van der Waals surface area contributed by atoms with E-state index in [1.165, 1.54) is 48.3 Å². The Kier molecular flexibility index (Phi) is 7.28. The van der Waals surface area contributed by atoms with Gasteiger partial charge in [0.15, 0.2) is 5.69 Å². The number of carbonyl (C=O) groups is 1. The molecule has 0 saturated heterocycles. The minimum Gasteiger partial charge on any atom is -0.489 e. The molecule has 184 valence electrons. The van der Waals surface area contributed by atoms with Crippen molar-refractivity contribution in [1.82, 2.24) is 19.3 Å². The average Bonchev–Trinajstić information content (AvgIpc) is 3.24. The van der Waals surface area contributed by atoms with Gasteiger partial charge in [-0.2, -0.15) is 23.5 Å². The summed E-state index contributed by atoms with van der Waals surface area (Å²) in [5.74, 6) is -6.32. The van der Waals surface area contributed by atoms with Gasteiger partial charge in [-0.3, -0.25) is 14.0 Å². The summed E-state index contributed by atoms with van der Waals surface area (Å²) in [5, 5.41) is 13.6. The summed E-state index contributed by atoms with van der Waals surface area (Å²) in [6.07, 6.45) is -2.31. The molecular weight excluding hydrogens is 467 g/mol. The molecule has 9 nitrogen and oxygen atoms in total. The summed E-state index contributed by atoms with van der Waals surface area (Å²) >= 11 is 0. The van der Waals surface area contributed by atoms with Crippen LogP contribution in [0.15, 0.2) is 41.5 Å². The topological polar surface area (TPSA) is 112 Å². The summed E-state index contributed by atoms with van der Waals surface area (Å²) in [6, 6.07) is 7.77. The number of hydrogen-bond acceptors (Lipinski definition) is 7. The number of rotatable bonds is 7. The lowest BCUT2D eigenvalue weighted by Gasteiger charge is -2.30. The molecule has 2 heterocycles. The molecule has 2 unspecified atom stereocenters. The number of methoxy groups -OCH3 is 1. The number of aryl methyl sites for hydroxylation is 1. The highest BCUT2D eigenvalue weighted by molar-refractivity contribution is 5.90. The van der Waals surface area contributed by atoms with E-state index in [4.69, 9.17) is 9.47 Å². The third-order valence-corrected chi connectivity index (χ3v) is 5.42. The van der Waals surface area contributed by atoms with E-state index in [9.17, 15) is 28.0 Å². The lowest BCUT2D eigenvalue weighted by Crippen LogP contribution is -2.36. The van der Waals surface area contributed by atoms with Crippen molar-refractivity contribution in [3.05, 3.63) is 75.2 Å². The number of alkyl halides is 3. The first-order chi connectivity index (χ1) is 16.5. The molecule has 0 fully saturated rings. The molecule has 35 heavy (non-hydrogen) atoms. The van der Waals surface area contributed by atoms with Gasteiger partial charge < -0.3 is 9.47 Å². The monoisotopic (exact) mass is 489 g/mol. The van der Waals surface area contributed by atoms with Crippen molar-refractivity contribution >= 4 is 5.97 Å². The maximum atomic E-state index is 14.8. The zero-order valence-corrected chi connectivity index (χ0v) is 19.3. The normalized spacial score (nSPS) is 13.1. The largest absolute Gasteiger partial charge is 0.489 e. The molecule has 0 aliphatic carbocycles. The van der Waals surface area contributed by atoms with Crippen LogP contribution in [0.3, 0.4) is 0 Å². The Morgan fingerprint density at radius 3 is 2.49 bits per heavy atom. The molecule has 12 heteroatoms. The van der Waals surface area contributed by atoms with E-state index >= 15 is 0 Å². The van der Waals surface area contributed by atoms with Crippen molar-refractivity contribution in [3.63, 3.8) is 0 Å². The first kappa shape index (κ1) is 25.5. The fraction of sp³-hybridized carbons (Fsp3) is 0.348. The zero-order valence-electron chi connectivity index (χ0n) is 19.3. The summed E-state index contributed by atoms with van der Waals surface area (Å²) in [6.45, 7) is 1.41. The van der Waals surface area contributed by atoms with E-state index in [0.717, 1.165) is 14.2 Å². The number of ether oxygens (including phenoxy) is 2. The Hall–Kier alpha value is -4.14. The molecule has 0 spiro atoms. The number of nitriles is 1. The summed E-state index contributed by atoms with van der Waals surface area (Å²) in [5.41, 5.74) is -1.44. The van der Waals surface area contributed by atoms with Crippen molar-refractivity contribution < 1.29 is 27.4 Å². The lowest BCUT2D eigenvalue weighted by molar-refractivity contribution is -0.156. The molecule has 0 radical (unpaired) electrons. The maximum absolute atomic E-state index is 14.8. The highest BCUT2D eigenvalue weighted by atomic mass is 19.4. The smallest absolute Gasteiger partial charge is 0.399 e. The summed E-state index contributed by atoms with van der Waals surface area (Å²) in [7, 11) is 3.75. The van der Waals surface area contributed by atoms with E-state index in [0.29, 0.717) is 4.57 Å². The quantitative estimate of drug-likeness (QED) is 0.469. The SMILES string of the molecule is CCOC(=O)c1nc(C(C(c2cnn(C)c2)c2ccccc2C#N)C(F)(F)F)n(C)c(=O)c1OC. The van der Waals surface area contributed by atoms with E-state index in [1.807, 2.05) is 6.07 Å². The molecule has 3 rings (SSSR count). The highest BCUT2D eigenvalue weighted by Crippen LogP contribution is 2.48. The number of esters is 1. The van der Waals surface area contributed by atoms with Gasteiger partial charge in [-0.15, -0.1) is 0 Å². The molecule has 2 atom stereocenters. The van der Waals surface area contributed by atoms with Crippen molar-refractivity contribution in [2.45, 2.75) is 24.9 Å². The van der Waals surface area contributed by atoms with Gasteiger partial charge in [0.05, 0.1) is 31.5 Å². The Morgan fingerprint density at radius 1 is 1.26 bits per heavy atom. The summed E-state index contributed by atoms with van der Waals surface area (Å²) in [4.78, 5) is 29.4. The molecule has 0 aliphatic heterocycles. The first-order valence-corrected chi connectivity index (χ1v) is 10.4. The van der Waals surface area contributed by atoms with Crippen LogP contribution in [0, 0.1) is 11.3 Å². The van der Waals surface area contributed by atoms with Crippen LogP contribution in [-0.4, -0.2) is 45.2 Å². The fourth-order valence-corrected chi connectivity index (χ4v) is 3.90. The van der Waals surface area contributed by atoms with Crippen LogP contribution in [0.25, 0.3) is 0 Å². The van der Waals surface area contributed by atoms with Gasteiger partial charge in [0, 0.05) is 26.2 Å². The number of nitrogens with zero attached hydrogens (tertiary/aromatic N) is 5. The zero-order chi connectivity index (χ0) is 25.9. The van der Waals surface area contributed by atoms with Crippen LogP contribution in [0.1, 0.15) is 51.8 Å². The number of hydrogen-bond donors (Lipinski definition) is 0. The third kappa shape index (κ3) is 4.89. The van der Waals surface area contributed by atoms with Gasteiger partial charge in [0.1, 0.15) is 11.7 Å². The average molecular weight is 489 g/mol. The molecule has 1 aromatic carbocycles. The van der Waals surface area contributed by atoms with Crippen molar-refractivity contribution in [2.24, 2.45) is 14.1 Å². The second-order valence-electron chi connectivity index (χ2n) is 7.58. The van der Waals surface area contributed by atoms with E-state index in [1.54, 1.807) is 7.05 Å². The Balaban J connectivity index is 2.41. The van der Waals surface area contributed by atoms with Gasteiger partial charge in [0.25, 0.3) is 5.56 Å². The third-order valence-electron chi connectivity index (χ3n) is 5.42. The highest BCUT2D eigenvalue weighted by Gasteiger charge is 2.50. The van der Waals surface area contributed by atoms with Gasteiger partial charge >= 0.3 is 12.1 Å². The van der Waals surface area contributed by atoms with E-state index < -0.39 is 46.8 Å². The van der Waals surface area contributed by atoms with Crippen LogP contribution >= 0.6 is 0 Å².